The number of benzene rings is 1. The van der Waals surface area contributed by atoms with E-state index in [2.05, 4.69) is 53.7 Å². The van der Waals surface area contributed by atoms with Crippen molar-refractivity contribution in [2.45, 2.75) is 58.2 Å². The first-order valence-electron chi connectivity index (χ1n) is 9.95. The topological polar surface area (TPSA) is 64.8 Å². The van der Waals surface area contributed by atoms with E-state index in [9.17, 15) is 0 Å². The Balaban J connectivity index is 2.02. The highest BCUT2D eigenvalue weighted by atomic mass is 16.5. The Morgan fingerprint density at radius 3 is 1.29 bits per heavy atom. The van der Waals surface area contributed by atoms with Gasteiger partial charge in [-0.3, -0.25) is 15.0 Å². The SMILES string of the molecule is CC1(C)COC([B-](C2=NC(C)(C)CO2)(C2=NC(C)(C)CO2)c2ccccc2)=N1. The van der Waals surface area contributed by atoms with Crippen LogP contribution in [0.2, 0.25) is 0 Å². The van der Waals surface area contributed by atoms with Gasteiger partial charge in [-0.15, -0.1) is 0 Å². The molecule has 6 nitrogen and oxygen atoms in total. The molecular formula is C21H29BN3O3-. The Kier molecular flexibility index (Phi) is 4.14. The molecule has 0 atom stereocenters. The molecule has 0 spiro atoms. The molecular weight excluding hydrogens is 353 g/mol. The molecule has 0 bridgehead atoms. The lowest BCUT2D eigenvalue weighted by molar-refractivity contribution is 0.274. The Hall–Kier alpha value is -2.31. The number of aliphatic imine (C=N–C) groups is 3. The van der Waals surface area contributed by atoms with E-state index in [1.54, 1.807) is 0 Å². The van der Waals surface area contributed by atoms with Crippen molar-refractivity contribution in [1.29, 1.82) is 0 Å². The van der Waals surface area contributed by atoms with Crippen molar-refractivity contribution in [2.24, 2.45) is 15.0 Å². The van der Waals surface area contributed by atoms with Crippen molar-refractivity contribution < 1.29 is 14.2 Å². The summed E-state index contributed by atoms with van der Waals surface area (Å²) in [5.41, 5.74) is 0.0355. The second kappa shape index (κ2) is 6.10. The van der Waals surface area contributed by atoms with Crippen molar-refractivity contribution in [1.82, 2.24) is 0 Å². The minimum Gasteiger partial charge on any atom is -0.517 e. The summed E-state index contributed by atoms with van der Waals surface area (Å²) >= 11 is 0. The van der Waals surface area contributed by atoms with E-state index in [0.717, 1.165) is 5.46 Å². The predicted octanol–water partition coefficient (Wildman–Crippen LogP) is 2.58. The van der Waals surface area contributed by atoms with Crippen LogP contribution < -0.4 is 5.46 Å². The van der Waals surface area contributed by atoms with Crippen LogP contribution in [0.4, 0.5) is 0 Å². The van der Waals surface area contributed by atoms with Crippen molar-refractivity contribution in [3.05, 3.63) is 30.3 Å². The van der Waals surface area contributed by atoms with Crippen LogP contribution in [-0.4, -0.2) is 60.0 Å². The van der Waals surface area contributed by atoms with Crippen molar-refractivity contribution >= 4 is 29.0 Å². The maximum atomic E-state index is 6.21. The molecule has 0 amide bonds. The maximum Gasteiger partial charge on any atom is 0.288 e. The quantitative estimate of drug-likeness (QED) is 0.752. The zero-order valence-electron chi connectivity index (χ0n) is 17.7. The molecule has 0 unspecified atom stereocenters. The van der Waals surface area contributed by atoms with Crippen molar-refractivity contribution in [3.8, 4) is 0 Å². The van der Waals surface area contributed by atoms with Gasteiger partial charge in [-0.1, -0.05) is 30.3 Å². The highest BCUT2D eigenvalue weighted by molar-refractivity contribution is 7.46. The fourth-order valence-corrected chi connectivity index (χ4v) is 3.99. The molecule has 0 saturated carbocycles. The van der Waals surface area contributed by atoms with Crippen LogP contribution in [0, 0.1) is 0 Å². The second-order valence-electron chi connectivity index (χ2n) is 9.93. The number of ether oxygens (including phenoxy) is 3. The van der Waals surface area contributed by atoms with Gasteiger partial charge in [-0.25, -0.2) is 0 Å². The fourth-order valence-electron chi connectivity index (χ4n) is 3.99. The first-order valence-corrected chi connectivity index (χ1v) is 9.95. The molecule has 7 heteroatoms. The molecule has 0 aliphatic carbocycles. The van der Waals surface area contributed by atoms with E-state index < -0.39 is 6.15 Å². The normalized spacial score (nSPS) is 24.6. The van der Waals surface area contributed by atoms with Gasteiger partial charge in [0.25, 0.3) is 6.15 Å². The van der Waals surface area contributed by atoms with Crippen LogP contribution in [0.1, 0.15) is 41.5 Å². The lowest BCUT2D eigenvalue weighted by Gasteiger charge is -2.38. The van der Waals surface area contributed by atoms with Crippen LogP contribution in [0.25, 0.3) is 0 Å². The minimum atomic E-state index is -1.93. The molecule has 3 heterocycles. The maximum absolute atomic E-state index is 6.21. The zero-order chi connectivity index (χ0) is 20.2. The van der Waals surface area contributed by atoms with Gasteiger partial charge in [0.2, 0.25) is 0 Å². The molecule has 0 N–H and O–H groups in total. The highest BCUT2D eigenvalue weighted by Crippen LogP contribution is 2.32. The fraction of sp³-hybridized carbons (Fsp3) is 0.571. The minimum absolute atomic E-state index is 0.319. The molecule has 28 heavy (non-hydrogen) atoms. The third kappa shape index (κ3) is 3.10. The van der Waals surface area contributed by atoms with E-state index in [0.29, 0.717) is 37.2 Å². The van der Waals surface area contributed by atoms with Crippen LogP contribution in [-0.2, 0) is 14.2 Å². The molecule has 0 saturated heterocycles. The van der Waals surface area contributed by atoms with Gasteiger partial charge >= 0.3 is 0 Å². The molecule has 0 fully saturated rings. The second-order valence-corrected chi connectivity index (χ2v) is 9.93. The lowest BCUT2D eigenvalue weighted by Crippen LogP contribution is -2.68. The molecule has 1 aromatic rings. The third-order valence-electron chi connectivity index (χ3n) is 5.37. The van der Waals surface area contributed by atoms with Gasteiger partial charge in [-0.2, -0.15) is 5.46 Å². The van der Waals surface area contributed by atoms with E-state index in [-0.39, 0.29) is 16.6 Å². The molecule has 4 rings (SSSR count). The standard InChI is InChI=1S/C21H29BN3O3/c1-19(2)12-26-16(23-19)22(15-10-8-7-9-11-15,17-24-20(3,4)13-27-17)18-25-21(5,6)14-28-18/h7-11H,12-14H2,1-6H3/q-1. The number of rotatable bonds is 4. The van der Waals surface area contributed by atoms with Crippen LogP contribution in [0.5, 0.6) is 0 Å². The Bertz CT molecular complexity index is 789. The molecule has 150 valence electrons. The van der Waals surface area contributed by atoms with Gasteiger partial charge in [0, 0.05) is 17.4 Å². The number of hydrogen-bond donors (Lipinski definition) is 0. The van der Waals surface area contributed by atoms with E-state index >= 15 is 0 Å². The Labute approximate surface area is 167 Å². The molecule has 3 aliphatic rings. The zero-order valence-corrected chi connectivity index (χ0v) is 17.7. The summed E-state index contributed by atoms with van der Waals surface area (Å²) in [5.74, 6) is 1.80. The molecule has 1 aromatic carbocycles. The smallest absolute Gasteiger partial charge is 0.288 e. The van der Waals surface area contributed by atoms with Crippen molar-refractivity contribution in [2.75, 3.05) is 19.8 Å². The van der Waals surface area contributed by atoms with Gasteiger partial charge in [0.1, 0.15) is 19.8 Å². The van der Waals surface area contributed by atoms with Crippen LogP contribution >= 0.6 is 0 Å². The first-order chi connectivity index (χ1) is 13.0. The Morgan fingerprint density at radius 1 is 0.643 bits per heavy atom. The van der Waals surface area contributed by atoms with Gasteiger partial charge < -0.3 is 14.2 Å². The van der Waals surface area contributed by atoms with E-state index in [4.69, 9.17) is 29.2 Å². The van der Waals surface area contributed by atoms with Gasteiger partial charge in [0.15, 0.2) is 0 Å². The predicted molar refractivity (Wildman–Crippen MR) is 114 cm³/mol. The van der Waals surface area contributed by atoms with Gasteiger partial charge in [-0.05, 0) is 41.5 Å². The van der Waals surface area contributed by atoms with Gasteiger partial charge in [0.05, 0.1) is 16.6 Å². The van der Waals surface area contributed by atoms with E-state index in [1.165, 1.54) is 0 Å². The van der Waals surface area contributed by atoms with E-state index in [1.807, 2.05) is 18.2 Å². The summed E-state index contributed by atoms with van der Waals surface area (Å²) in [6.45, 7) is 13.9. The average Bonchev–Trinajstić information content (AvgIpc) is 3.27. The Morgan fingerprint density at radius 2 is 1.00 bits per heavy atom. The average molecular weight is 382 g/mol. The summed E-state index contributed by atoms with van der Waals surface area (Å²) in [6, 6.07) is 10.1. The summed E-state index contributed by atoms with van der Waals surface area (Å²) in [5, 5.41) is 0. The number of hydrogen-bond acceptors (Lipinski definition) is 6. The highest BCUT2D eigenvalue weighted by Gasteiger charge is 2.53. The lowest BCUT2D eigenvalue weighted by atomic mass is 9.20. The molecule has 0 radical (unpaired) electrons. The van der Waals surface area contributed by atoms with Crippen LogP contribution in [0.15, 0.2) is 45.3 Å². The van der Waals surface area contributed by atoms with Crippen molar-refractivity contribution in [3.63, 3.8) is 0 Å². The molecule has 3 aliphatic heterocycles. The van der Waals surface area contributed by atoms with Crippen LogP contribution in [0.3, 0.4) is 0 Å². The summed E-state index contributed by atoms with van der Waals surface area (Å²) in [6.07, 6.45) is -1.93. The number of nitrogens with zero attached hydrogens (tertiary/aromatic N) is 3. The largest absolute Gasteiger partial charge is 0.517 e. The third-order valence-corrected chi connectivity index (χ3v) is 5.37. The monoisotopic (exact) mass is 382 g/mol. The molecule has 0 aromatic heterocycles. The summed E-state index contributed by atoms with van der Waals surface area (Å²) in [4.78, 5) is 14.9. The first kappa shape index (κ1) is 19.0. The summed E-state index contributed by atoms with van der Waals surface area (Å²) in [7, 11) is 0. The summed E-state index contributed by atoms with van der Waals surface area (Å²) < 4.78 is 18.6.